The summed E-state index contributed by atoms with van der Waals surface area (Å²) in [6, 6.07) is 17.3. The van der Waals surface area contributed by atoms with Crippen molar-refractivity contribution in [1.29, 1.82) is 0 Å². The molecule has 31 heavy (non-hydrogen) atoms. The van der Waals surface area contributed by atoms with E-state index in [0.29, 0.717) is 30.2 Å². The molecular weight excluding hydrogens is 412 g/mol. The van der Waals surface area contributed by atoms with Crippen LogP contribution < -0.4 is 15.8 Å². The molecule has 3 aromatic rings. The van der Waals surface area contributed by atoms with Gasteiger partial charge in [-0.1, -0.05) is 35.9 Å². The number of nitrogens with one attached hydrogen (secondary N) is 2. The van der Waals surface area contributed by atoms with Gasteiger partial charge < -0.3 is 15.2 Å². The van der Waals surface area contributed by atoms with Crippen molar-refractivity contribution in [2.45, 2.75) is 38.8 Å². The van der Waals surface area contributed by atoms with Crippen LogP contribution in [0.1, 0.15) is 41.5 Å². The quantitative estimate of drug-likeness (QED) is 0.588. The summed E-state index contributed by atoms with van der Waals surface area (Å²) in [6.07, 6.45) is 2.12. The highest BCUT2D eigenvalue weighted by atomic mass is 35.5. The van der Waals surface area contributed by atoms with E-state index in [1.807, 2.05) is 53.4 Å². The molecule has 1 unspecified atom stereocenters. The maximum absolute atomic E-state index is 12.0. The maximum Gasteiger partial charge on any atom is 0.251 e. The molecule has 2 aromatic carbocycles. The molecule has 1 fully saturated rings. The number of benzene rings is 2. The highest BCUT2D eigenvalue weighted by Gasteiger charge is 2.21. The fourth-order valence-electron chi connectivity index (χ4n) is 3.91. The summed E-state index contributed by atoms with van der Waals surface area (Å²) in [5, 5.41) is 4.26. The standard InChI is InChI=1S/C24H25ClN4O2/c1-16-27-20(14-23(30)28-16)13-22(18-6-8-19(25)9-7-18)26-15-17-4-10-21(11-5-17)29-12-2-3-24(29)31/h4-11,14,22,26H,2-3,12-13,15H2,1H3,(H,27,28,30). The van der Waals surface area contributed by atoms with Crippen LogP contribution in [-0.2, 0) is 17.8 Å². The highest BCUT2D eigenvalue weighted by Crippen LogP contribution is 2.23. The molecule has 0 radical (unpaired) electrons. The number of carbonyl (C=O) groups excluding carboxylic acids is 1. The lowest BCUT2D eigenvalue weighted by molar-refractivity contribution is -0.117. The first-order chi connectivity index (χ1) is 15.0. The summed E-state index contributed by atoms with van der Waals surface area (Å²) < 4.78 is 0. The molecule has 160 valence electrons. The normalized spacial score (nSPS) is 14.8. The van der Waals surface area contributed by atoms with Gasteiger partial charge in [-0.25, -0.2) is 4.98 Å². The molecule has 0 saturated carbocycles. The van der Waals surface area contributed by atoms with Gasteiger partial charge in [0.1, 0.15) is 5.82 Å². The molecule has 0 spiro atoms. The lowest BCUT2D eigenvalue weighted by Gasteiger charge is -2.20. The molecular formula is C24H25ClN4O2. The number of anilines is 1. The largest absolute Gasteiger partial charge is 0.312 e. The number of amides is 1. The molecule has 1 amide bonds. The number of nitrogens with zero attached hydrogens (tertiary/aromatic N) is 2. The smallest absolute Gasteiger partial charge is 0.251 e. The average Bonchev–Trinajstić information content (AvgIpc) is 3.17. The summed E-state index contributed by atoms with van der Waals surface area (Å²) in [7, 11) is 0. The van der Waals surface area contributed by atoms with Crippen LogP contribution >= 0.6 is 11.6 Å². The predicted molar refractivity (Wildman–Crippen MR) is 122 cm³/mol. The molecule has 1 atom stereocenters. The van der Waals surface area contributed by atoms with Crippen molar-refractivity contribution in [1.82, 2.24) is 15.3 Å². The van der Waals surface area contributed by atoms with Crippen molar-refractivity contribution in [3.8, 4) is 0 Å². The van der Waals surface area contributed by atoms with Gasteiger partial charge in [0.15, 0.2) is 0 Å². The third-order valence-electron chi connectivity index (χ3n) is 5.47. The zero-order chi connectivity index (χ0) is 21.8. The monoisotopic (exact) mass is 436 g/mol. The van der Waals surface area contributed by atoms with Gasteiger partial charge in [-0.15, -0.1) is 0 Å². The van der Waals surface area contributed by atoms with E-state index in [-0.39, 0.29) is 17.5 Å². The van der Waals surface area contributed by atoms with E-state index in [0.717, 1.165) is 35.5 Å². The van der Waals surface area contributed by atoms with Crippen LogP contribution in [0.15, 0.2) is 59.4 Å². The second-order valence-corrected chi connectivity index (χ2v) is 8.26. The number of aromatic nitrogens is 2. The SMILES string of the molecule is Cc1nc(CC(NCc2ccc(N3CCCC3=O)cc2)c2ccc(Cl)cc2)cc(=O)[nH]1. The van der Waals surface area contributed by atoms with Crippen LogP contribution in [0.3, 0.4) is 0 Å². The van der Waals surface area contributed by atoms with Crippen LogP contribution in [0.4, 0.5) is 5.69 Å². The molecule has 0 aliphatic carbocycles. The Kier molecular flexibility index (Phi) is 6.49. The molecule has 1 aliphatic rings. The van der Waals surface area contributed by atoms with E-state index in [9.17, 15) is 9.59 Å². The Balaban J connectivity index is 1.49. The van der Waals surface area contributed by atoms with Gasteiger partial charge in [0.2, 0.25) is 5.91 Å². The summed E-state index contributed by atoms with van der Waals surface area (Å²) in [4.78, 5) is 32.8. The predicted octanol–water partition coefficient (Wildman–Crippen LogP) is 3.93. The number of hydrogen-bond donors (Lipinski definition) is 2. The van der Waals surface area contributed by atoms with Gasteiger partial charge in [0.05, 0.1) is 0 Å². The Morgan fingerprint density at radius 3 is 2.52 bits per heavy atom. The first-order valence-electron chi connectivity index (χ1n) is 10.4. The highest BCUT2D eigenvalue weighted by molar-refractivity contribution is 6.30. The fraction of sp³-hybridized carbons (Fsp3) is 0.292. The second-order valence-electron chi connectivity index (χ2n) is 7.83. The average molecular weight is 437 g/mol. The van der Waals surface area contributed by atoms with Crippen LogP contribution in [0, 0.1) is 6.92 Å². The lowest BCUT2D eigenvalue weighted by atomic mass is 10.0. The minimum Gasteiger partial charge on any atom is -0.312 e. The van der Waals surface area contributed by atoms with Crippen molar-refractivity contribution in [2.75, 3.05) is 11.4 Å². The van der Waals surface area contributed by atoms with Gasteiger partial charge in [-0.05, 0) is 48.7 Å². The van der Waals surface area contributed by atoms with Crippen molar-refractivity contribution < 1.29 is 4.79 Å². The maximum atomic E-state index is 12.0. The summed E-state index contributed by atoms with van der Waals surface area (Å²) in [6.45, 7) is 3.21. The molecule has 1 saturated heterocycles. The van der Waals surface area contributed by atoms with E-state index < -0.39 is 0 Å². The van der Waals surface area contributed by atoms with Gasteiger partial charge >= 0.3 is 0 Å². The van der Waals surface area contributed by atoms with E-state index in [2.05, 4.69) is 15.3 Å². The molecule has 4 rings (SSSR count). The van der Waals surface area contributed by atoms with Crippen molar-refractivity contribution in [3.05, 3.63) is 92.6 Å². The Labute approximate surface area is 186 Å². The third kappa shape index (κ3) is 5.40. The Hall–Kier alpha value is -2.96. The van der Waals surface area contributed by atoms with Gasteiger partial charge in [-0.3, -0.25) is 9.59 Å². The van der Waals surface area contributed by atoms with Crippen molar-refractivity contribution >= 4 is 23.2 Å². The Bertz CT molecular complexity index is 1110. The van der Waals surface area contributed by atoms with Crippen LogP contribution in [-0.4, -0.2) is 22.4 Å². The van der Waals surface area contributed by atoms with Crippen LogP contribution in [0.5, 0.6) is 0 Å². The number of halogens is 1. The van der Waals surface area contributed by atoms with E-state index in [4.69, 9.17) is 11.6 Å². The molecule has 2 N–H and O–H groups in total. The number of hydrogen-bond acceptors (Lipinski definition) is 4. The molecule has 6 nitrogen and oxygen atoms in total. The molecule has 7 heteroatoms. The first-order valence-corrected chi connectivity index (χ1v) is 10.8. The number of carbonyl (C=O) groups is 1. The fourth-order valence-corrected chi connectivity index (χ4v) is 4.04. The molecule has 2 heterocycles. The summed E-state index contributed by atoms with van der Waals surface area (Å²) in [5.41, 5.74) is 3.72. The van der Waals surface area contributed by atoms with Gasteiger partial charge in [0, 0.05) is 54.4 Å². The minimum atomic E-state index is -0.149. The topological polar surface area (TPSA) is 78.1 Å². The first kappa shape index (κ1) is 21.3. The third-order valence-corrected chi connectivity index (χ3v) is 5.72. The lowest BCUT2D eigenvalue weighted by Crippen LogP contribution is -2.25. The van der Waals surface area contributed by atoms with Gasteiger partial charge in [0.25, 0.3) is 5.56 Å². The number of aryl methyl sites for hydroxylation is 1. The number of rotatable bonds is 7. The zero-order valence-corrected chi connectivity index (χ0v) is 18.2. The Morgan fingerprint density at radius 1 is 1.13 bits per heavy atom. The van der Waals surface area contributed by atoms with E-state index >= 15 is 0 Å². The number of H-pyrrole nitrogens is 1. The van der Waals surface area contributed by atoms with Crippen LogP contribution in [0.25, 0.3) is 0 Å². The van der Waals surface area contributed by atoms with Crippen molar-refractivity contribution in [3.63, 3.8) is 0 Å². The molecule has 1 aromatic heterocycles. The minimum absolute atomic E-state index is 0.0363. The molecule has 0 bridgehead atoms. The van der Waals surface area contributed by atoms with Crippen molar-refractivity contribution in [2.24, 2.45) is 0 Å². The summed E-state index contributed by atoms with van der Waals surface area (Å²) in [5.74, 6) is 0.790. The molecule has 1 aliphatic heterocycles. The zero-order valence-electron chi connectivity index (χ0n) is 17.4. The van der Waals surface area contributed by atoms with E-state index in [1.54, 1.807) is 13.0 Å². The second kappa shape index (κ2) is 9.45. The van der Waals surface area contributed by atoms with E-state index in [1.165, 1.54) is 0 Å². The van der Waals surface area contributed by atoms with Gasteiger partial charge in [-0.2, -0.15) is 0 Å². The summed E-state index contributed by atoms with van der Waals surface area (Å²) >= 11 is 6.06. The Morgan fingerprint density at radius 2 is 1.87 bits per heavy atom. The van der Waals surface area contributed by atoms with Crippen LogP contribution in [0.2, 0.25) is 5.02 Å². The number of aromatic amines is 1.